The van der Waals surface area contributed by atoms with Crippen molar-refractivity contribution in [3.05, 3.63) is 23.3 Å². The summed E-state index contributed by atoms with van der Waals surface area (Å²) in [5, 5.41) is 0. The molecule has 0 unspecified atom stereocenters. The van der Waals surface area contributed by atoms with E-state index in [-0.39, 0.29) is 0 Å². The van der Waals surface area contributed by atoms with Gasteiger partial charge < -0.3 is 14.3 Å². The summed E-state index contributed by atoms with van der Waals surface area (Å²) >= 11 is 0. The van der Waals surface area contributed by atoms with Crippen molar-refractivity contribution in [1.82, 2.24) is 0 Å². The average Bonchev–Trinajstić information content (AvgIpc) is 2.33. The lowest BCUT2D eigenvalue weighted by Gasteiger charge is -2.21. The lowest BCUT2D eigenvalue weighted by molar-refractivity contribution is -0.107. The van der Waals surface area contributed by atoms with E-state index in [2.05, 4.69) is 0 Å². The third-order valence-corrected chi connectivity index (χ3v) is 2.77. The van der Waals surface area contributed by atoms with Gasteiger partial charge in [0, 0.05) is 12.0 Å². The number of carbonyl (C=O) groups is 1. The van der Waals surface area contributed by atoms with E-state index in [1.165, 1.54) is 28.1 Å². The van der Waals surface area contributed by atoms with Gasteiger partial charge in [0.25, 0.3) is 0 Å². The molecule has 3 nitrogen and oxygen atoms in total. The van der Waals surface area contributed by atoms with Gasteiger partial charge in [-0.05, 0) is 38.0 Å². The number of halogens is 1. The number of rotatable bonds is 6. The van der Waals surface area contributed by atoms with Crippen LogP contribution < -0.4 is 9.47 Å². The highest BCUT2D eigenvalue weighted by Gasteiger charge is 2.25. The Bertz CT molecular complexity index is 422. The van der Waals surface area contributed by atoms with E-state index < -0.39 is 5.67 Å². The van der Waals surface area contributed by atoms with Gasteiger partial charge in [-0.3, -0.25) is 0 Å². The van der Waals surface area contributed by atoms with Crippen molar-refractivity contribution in [3.8, 4) is 11.5 Å². The normalized spacial score (nSPS) is 11.2. The molecular formula is C14H19FO3. The molecule has 0 atom stereocenters. The van der Waals surface area contributed by atoms with E-state index in [4.69, 9.17) is 9.47 Å². The molecule has 0 aliphatic rings. The molecule has 0 saturated heterocycles. The maximum absolute atomic E-state index is 14.1. The van der Waals surface area contributed by atoms with Gasteiger partial charge in [0.15, 0.2) is 0 Å². The van der Waals surface area contributed by atoms with Crippen molar-refractivity contribution in [3.63, 3.8) is 0 Å². The summed E-state index contributed by atoms with van der Waals surface area (Å²) in [6, 6.07) is 3.37. The number of alkyl halides is 1. The number of hydrogen-bond acceptors (Lipinski definition) is 3. The van der Waals surface area contributed by atoms with E-state index in [0.717, 1.165) is 11.8 Å². The standard InChI is InChI=1S/C14H19FO3/c1-14(2,15)11-9-12(17-3)10(6-5-7-16)8-13(11)18-4/h7-9H,5-6H2,1-4H3. The molecule has 100 valence electrons. The lowest BCUT2D eigenvalue weighted by Crippen LogP contribution is -2.12. The predicted octanol–water partition coefficient (Wildman–Crippen LogP) is 3.04. The first kappa shape index (κ1) is 14.5. The summed E-state index contributed by atoms with van der Waals surface area (Å²) in [5.41, 5.74) is -0.229. The van der Waals surface area contributed by atoms with Gasteiger partial charge in [0.1, 0.15) is 23.5 Å². The van der Waals surface area contributed by atoms with Crippen LogP contribution in [0.1, 0.15) is 31.4 Å². The minimum absolute atomic E-state index is 0.401. The molecule has 0 fully saturated rings. The Kier molecular flexibility index (Phi) is 4.70. The summed E-state index contributed by atoms with van der Waals surface area (Å²) in [7, 11) is 3.03. The van der Waals surface area contributed by atoms with Crippen molar-refractivity contribution >= 4 is 6.29 Å². The molecule has 1 aromatic rings. The zero-order valence-corrected chi connectivity index (χ0v) is 11.2. The van der Waals surface area contributed by atoms with Crippen molar-refractivity contribution in [2.24, 2.45) is 0 Å². The Morgan fingerprint density at radius 2 is 1.83 bits per heavy atom. The summed E-state index contributed by atoms with van der Waals surface area (Å²) in [6.07, 6.45) is 1.80. The highest BCUT2D eigenvalue weighted by molar-refractivity contribution is 5.53. The van der Waals surface area contributed by atoms with Crippen LogP contribution in [0, 0.1) is 0 Å². The summed E-state index contributed by atoms with van der Waals surface area (Å²) in [5.74, 6) is 1.06. The van der Waals surface area contributed by atoms with Crippen LogP contribution in [-0.4, -0.2) is 20.5 Å². The van der Waals surface area contributed by atoms with Gasteiger partial charge in [0.05, 0.1) is 14.2 Å². The van der Waals surface area contributed by atoms with Crippen LogP contribution in [0.5, 0.6) is 11.5 Å². The third-order valence-electron chi connectivity index (χ3n) is 2.77. The monoisotopic (exact) mass is 254 g/mol. The molecule has 0 saturated carbocycles. The molecule has 0 heterocycles. The van der Waals surface area contributed by atoms with E-state index in [9.17, 15) is 9.18 Å². The highest BCUT2D eigenvalue weighted by Crippen LogP contribution is 2.37. The van der Waals surface area contributed by atoms with E-state index >= 15 is 0 Å². The van der Waals surface area contributed by atoms with Crippen LogP contribution in [0.2, 0.25) is 0 Å². The molecular weight excluding hydrogens is 235 g/mol. The van der Waals surface area contributed by atoms with E-state index in [1.54, 1.807) is 12.1 Å². The Morgan fingerprint density at radius 3 is 2.28 bits per heavy atom. The third kappa shape index (κ3) is 3.22. The van der Waals surface area contributed by atoms with Gasteiger partial charge in [-0.1, -0.05) is 0 Å². The van der Waals surface area contributed by atoms with Gasteiger partial charge in [0.2, 0.25) is 0 Å². The Labute approximate surface area is 107 Å². The first-order chi connectivity index (χ1) is 8.43. The van der Waals surface area contributed by atoms with Gasteiger partial charge in [-0.25, -0.2) is 4.39 Å². The number of carbonyl (C=O) groups excluding carboxylic acids is 1. The number of aryl methyl sites for hydroxylation is 1. The second kappa shape index (κ2) is 5.85. The number of hydrogen-bond donors (Lipinski definition) is 0. The summed E-state index contributed by atoms with van der Waals surface area (Å²) in [6.45, 7) is 2.94. The molecule has 1 aromatic carbocycles. The molecule has 0 aliphatic heterocycles. The molecule has 0 spiro atoms. The smallest absolute Gasteiger partial charge is 0.134 e. The number of benzene rings is 1. The maximum atomic E-state index is 14.1. The average molecular weight is 254 g/mol. The zero-order valence-electron chi connectivity index (χ0n) is 11.2. The van der Waals surface area contributed by atoms with Gasteiger partial charge >= 0.3 is 0 Å². The van der Waals surface area contributed by atoms with Crippen molar-refractivity contribution < 1.29 is 18.7 Å². The zero-order chi connectivity index (χ0) is 13.8. The summed E-state index contributed by atoms with van der Waals surface area (Å²) in [4.78, 5) is 10.4. The van der Waals surface area contributed by atoms with E-state index in [1.807, 2.05) is 0 Å². The first-order valence-electron chi connectivity index (χ1n) is 5.82. The van der Waals surface area contributed by atoms with Crippen molar-refractivity contribution in [2.45, 2.75) is 32.4 Å². The van der Waals surface area contributed by atoms with Crippen LogP contribution in [0.4, 0.5) is 4.39 Å². The van der Waals surface area contributed by atoms with Crippen LogP contribution >= 0.6 is 0 Å². The first-order valence-corrected chi connectivity index (χ1v) is 5.82. The molecule has 4 heteroatoms. The highest BCUT2D eigenvalue weighted by atomic mass is 19.1. The fourth-order valence-electron chi connectivity index (χ4n) is 1.84. The van der Waals surface area contributed by atoms with Crippen LogP contribution in [0.15, 0.2) is 12.1 Å². The minimum Gasteiger partial charge on any atom is -0.496 e. The molecule has 0 aliphatic carbocycles. The largest absolute Gasteiger partial charge is 0.496 e. The maximum Gasteiger partial charge on any atom is 0.134 e. The van der Waals surface area contributed by atoms with Crippen LogP contribution in [0.25, 0.3) is 0 Å². The molecule has 18 heavy (non-hydrogen) atoms. The molecule has 0 aromatic heterocycles. The van der Waals surface area contributed by atoms with E-state index in [0.29, 0.717) is 29.9 Å². The van der Waals surface area contributed by atoms with Crippen LogP contribution in [-0.2, 0) is 16.9 Å². The second-order valence-electron chi connectivity index (χ2n) is 4.54. The van der Waals surface area contributed by atoms with Crippen molar-refractivity contribution in [2.75, 3.05) is 14.2 Å². The van der Waals surface area contributed by atoms with Crippen molar-refractivity contribution in [1.29, 1.82) is 0 Å². The number of aldehydes is 1. The fraction of sp³-hybridized carbons (Fsp3) is 0.500. The second-order valence-corrected chi connectivity index (χ2v) is 4.54. The quantitative estimate of drug-likeness (QED) is 0.732. The number of methoxy groups -OCH3 is 2. The number of ether oxygens (including phenoxy) is 2. The van der Waals surface area contributed by atoms with Crippen LogP contribution in [0.3, 0.4) is 0 Å². The molecule has 0 N–H and O–H groups in total. The fourth-order valence-corrected chi connectivity index (χ4v) is 1.84. The Balaban J connectivity index is 3.27. The van der Waals surface area contributed by atoms with Gasteiger partial charge in [-0.15, -0.1) is 0 Å². The minimum atomic E-state index is -1.51. The Morgan fingerprint density at radius 1 is 1.22 bits per heavy atom. The topological polar surface area (TPSA) is 35.5 Å². The molecule has 0 radical (unpaired) electrons. The van der Waals surface area contributed by atoms with Gasteiger partial charge in [-0.2, -0.15) is 0 Å². The Hall–Kier alpha value is -1.58. The summed E-state index contributed by atoms with van der Waals surface area (Å²) < 4.78 is 24.5. The lowest BCUT2D eigenvalue weighted by atomic mass is 9.95. The molecule has 1 rings (SSSR count). The SMILES string of the molecule is COc1cc(C(C)(C)F)c(OC)cc1CCC=O. The molecule has 0 bridgehead atoms. The molecule has 0 amide bonds. The predicted molar refractivity (Wildman–Crippen MR) is 68.1 cm³/mol.